The van der Waals surface area contributed by atoms with E-state index in [1.54, 1.807) is 30.4 Å². The molecule has 0 aliphatic rings. The minimum atomic E-state index is -1.15. The Morgan fingerprint density at radius 3 is 2.68 bits per heavy atom. The van der Waals surface area contributed by atoms with Gasteiger partial charge in [0.15, 0.2) is 5.78 Å². The van der Waals surface area contributed by atoms with E-state index in [0.717, 1.165) is 17.7 Å². The summed E-state index contributed by atoms with van der Waals surface area (Å²) in [6.45, 7) is 5.62. The zero-order chi connectivity index (χ0) is 25.1. The van der Waals surface area contributed by atoms with Crippen LogP contribution in [0, 0.1) is 0 Å². The summed E-state index contributed by atoms with van der Waals surface area (Å²) in [7, 11) is 0. The summed E-state index contributed by atoms with van der Waals surface area (Å²) in [6.07, 6.45) is 10.4. The van der Waals surface area contributed by atoms with Crippen LogP contribution in [0.2, 0.25) is 0 Å². The summed E-state index contributed by atoms with van der Waals surface area (Å²) in [4.78, 5) is 36.7. The molecule has 2 rings (SSSR count). The number of rotatable bonds is 13. The van der Waals surface area contributed by atoms with Gasteiger partial charge in [0.25, 0.3) is 0 Å². The first-order valence-electron chi connectivity index (χ1n) is 11.5. The number of aryl methyl sites for hydroxylation is 1. The molecule has 1 atom stereocenters. The predicted molar refractivity (Wildman–Crippen MR) is 135 cm³/mol. The van der Waals surface area contributed by atoms with Crippen molar-refractivity contribution in [2.24, 2.45) is 0 Å². The van der Waals surface area contributed by atoms with Crippen molar-refractivity contribution < 1.29 is 24.2 Å². The van der Waals surface area contributed by atoms with Crippen molar-refractivity contribution in [2.45, 2.75) is 71.6 Å². The van der Waals surface area contributed by atoms with Crippen molar-refractivity contribution in [3.8, 4) is 5.75 Å². The Balaban J connectivity index is 2.06. The Kier molecular flexibility index (Phi) is 10.8. The fourth-order valence-electron chi connectivity index (χ4n) is 3.49. The normalized spacial score (nSPS) is 12.7. The molecular formula is C26H33NO6S. The molecule has 2 aromatic rings. The van der Waals surface area contributed by atoms with Crippen molar-refractivity contribution in [1.82, 2.24) is 5.32 Å². The first-order valence-corrected chi connectivity index (χ1v) is 12.4. The van der Waals surface area contributed by atoms with Crippen LogP contribution in [0.5, 0.6) is 5.75 Å². The molecule has 3 N–H and O–H groups in total. The molecule has 0 fully saturated rings. The van der Waals surface area contributed by atoms with Gasteiger partial charge < -0.3 is 14.6 Å². The van der Waals surface area contributed by atoms with Gasteiger partial charge in [0.1, 0.15) is 17.1 Å². The number of carboxylic acid groups (broad SMARTS) is 1. The molecule has 7 nitrogen and oxygen atoms in total. The maximum atomic E-state index is 12.9. The molecule has 8 heteroatoms. The number of aromatic hydroxyl groups is 1. The van der Waals surface area contributed by atoms with Crippen LogP contribution in [-0.2, 0) is 6.42 Å². The summed E-state index contributed by atoms with van der Waals surface area (Å²) in [5, 5.41) is 23.2. The standard InChI is InChI=1S/C26H33NO6S/c1-4-5-6-7-11-19-14-20(34-16-19)13-18(3)24(29)23-21(28)15-22(33-25(23)30)17(2)10-8-9-12-27-26(31)32/h9,12-17,27-28H,4-8,10-11H2,1-3H3,(H,31,32). The second-order valence-corrected chi connectivity index (χ2v) is 9.29. The molecule has 2 aromatic heterocycles. The third-order valence-corrected chi connectivity index (χ3v) is 6.39. The van der Waals surface area contributed by atoms with Crippen molar-refractivity contribution in [2.75, 3.05) is 0 Å². The van der Waals surface area contributed by atoms with Gasteiger partial charge in [-0.3, -0.25) is 10.1 Å². The number of nitrogens with one attached hydrogen (secondary N) is 1. The topological polar surface area (TPSA) is 117 Å². The highest BCUT2D eigenvalue weighted by molar-refractivity contribution is 7.11. The lowest BCUT2D eigenvalue weighted by molar-refractivity contribution is 0.102. The number of carbonyl (C=O) groups excluding carboxylic acids is 1. The molecule has 0 radical (unpaired) electrons. The third-order valence-electron chi connectivity index (χ3n) is 5.46. The second-order valence-electron chi connectivity index (χ2n) is 8.35. The highest BCUT2D eigenvalue weighted by Crippen LogP contribution is 2.27. The largest absolute Gasteiger partial charge is 0.507 e. The maximum Gasteiger partial charge on any atom is 0.408 e. The number of hydrogen-bond acceptors (Lipinski definition) is 6. The van der Waals surface area contributed by atoms with Crippen LogP contribution < -0.4 is 10.9 Å². The Morgan fingerprint density at radius 1 is 1.24 bits per heavy atom. The van der Waals surface area contributed by atoms with Gasteiger partial charge in [-0.1, -0.05) is 39.2 Å². The monoisotopic (exact) mass is 487 g/mol. The fourth-order valence-corrected chi connectivity index (χ4v) is 4.42. The number of hydrogen-bond donors (Lipinski definition) is 3. The SMILES string of the molecule is CCCCCCc1csc(C=C(C)C(=O)c2c(O)cc(C(C)CCC=CNC(=O)O)oc2=O)c1. The lowest BCUT2D eigenvalue weighted by Gasteiger charge is -2.11. The summed E-state index contributed by atoms with van der Waals surface area (Å²) in [5.41, 5.74) is 0.345. The summed E-state index contributed by atoms with van der Waals surface area (Å²) in [6, 6.07) is 3.37. The molecule has 0 aliphatic carbocycles. The number of Topliss-reactive ketones (excluding diaryl/α,β-unsaturated/α-hetero) is 1. The minimum absolute atomic E-state index is 0.212. The smallest absolute Gasteiger partial charge is 0.408 e. The fraction of sp³-hybridized carbons (Fsp3) is 0.423. The van der Waals surface area contributed by atoms with Gasteiger partial charge in [0.2, 0.25) is 0 Å². The van der Waals surface area contributed by atoms with Gasteiger partial charge in [-0.15, -0.1) is 11.3 Å². The van der Waals surface area contributed by atoms with Crippen LogP contribution in [0.15, 0.2) is 44.6 Å². The molecule has 0 saturated carbocycles. The number of carbonyl (C=O) groups is 2. The van der Waals surface area contributed by atoms with E-state index < -0.39 is 23.3 Å². The van der Waals surface area contributed by atoms with Crippen LogP contribution in [0.4, 0.5) is 4.79 Å². The van der Waals surface area contributed by atoms with Gasteiger partial charge in [-0.2, -0.15) is 0 Å². The molecule has 0 aromatic carbocycles. The van der Waals surface area contributed by atoms with E-state index in [1.165, 1.54) is 37.1 Å². The molecule has 0 bridgehead atoms. The second kappa shape index (κ2) is 13.5. The Morgan fingerprint density at radius 2 is 2.00 bits per heavy atom. The number of unbranched alkanes of at least 4 members (excludes halogenated alkanes) is 3. The molecule has 0 saturated heterocycles. The minimum Gasteiger partial charge on any atom is -0.507 e. The van der Waals surface area contributed by atoms with E-state index in [4.69, 9.17) is 9.52 Å². The summed E-state index contributed by atoms with van der Waals surface area (Å²) in [5.74, 6) is -0.908. The highest BCUT2D eigenvalue weighted by atomic mass is 32.1. The van der Waals surface area contributed by atoms with Crippen molar-refractivity contribution >= 4 is 29.3 Å². The summed E-state index contributed by atoms with van der Waals surface area (Å²) >= 11 is 1.55. The van der Waals surface area contributed by atoms with E-state index in [2.05, 4.69) is 23.7 Å². The Hall–Kier alpha value is -3.13. The molecule has 0 spiro atoms. The highest BCUT2D eigenvalue weighted by Gasteiger charge is 2.22. The van der Waals surface area contributed by atoms with Crippen LogP contribution in [0.3, 0.4) is 0 Å². The van der Waals surface area contributed by atoms with E-state index in [-0.39, 0.29) is 17.2 Å². The van der Waals surface area contributed by atoms with Crippen molar-refractivity contribution in [3.05, 3.63) is 67.5 Å². The number of thiophene rings is 1. The Bertz CT molecular complexity index is 1090. The van der Waals surface area contributed by atoms with Crippen LogP contribution in [0.1, 0.15) is 91.8 Å². The summed E-state index contributed by atoms with van der Waals surface area (Å²) < 4.78 is 5.34. The van der Waals surface area contributed by atoms with Crippen LogP contribution in [-0.4, -0.2) is 22.1 Å². The molecule has 1 unspecified atom stereocenters. The van der Waals surface area contributed by atoms with Crippen molar-refractivity contribution in [1.29, 1.82) is 0 Å². The van der Waals surface area contributed by atoms with E-state index >= 15 is 0 Å². The van der Waals surface area contributed by atoms with Gasteiger partial charge in [-0.05, 0) is 61.3 Å². The first-order chi connectivity index (χ1) is 16.2. The molecule has 1 amide bonds. The molecule has 0 aliphatic heterocycles. The zero-order valence-corrected chi connectivity index (χ0v) is 20.7. The quantitative estimate of drug-likeness (QED) is 0.169. The average molecular weight is 488 g/mol. The number of ketones is 1. The Labute approximate surface area is 203 Å². The van der Waals surface area contributed by atoms with E-state index in [9.17, 15) is 19.5 Å². The molecule has 2 heterocycles. The lowest BCUT2D eigenvalue weighted by Crippen LogP contribution is -2.16. The first kappa shape index (κ1) is 27.1. The average Bonchev–Trinajstić information content (AvgIpc) is 3.22. The van der Waals surface area contributed by atoms with Crippen LogP contribution >= 0.6 is 11.3 Å². The molecular weight excluding hydrogens is 454 g/mol. The maximum absolute atomic E-state index is 12.9. The van der Waals surface area contributed by atoms with E-state index in [1.807, 2.05) is 6.92 Å². The predicted octanol–water partition coefficient (Wildman–Crippen LogP) is 6.48. The number of amides is 1. The van der Waals surface area contributed by atoms with Crippen molar-refractivity contribution in [3.63, 3.8) is 0 Å². The zero-order valence-electron chi connectivity index (χ0n) is 19.9. The molecule has 34 heavy (non-hydrogen) atoms. The van der Waals surface area contributed by atoms with Gasteiger partial charge in [-0.25, -0.2) is 9.59 Å². The lowest BCUT2D eigenvalue weighted by atomic mass is 9.99. The molecule has 184 valence electrons. The van der Waals surface area contributed by atoms with E-state index in [0.29, 0.717) is 18.4 Å². The van der Waals surface area contributed by atoms with Gasteiger partial charge in [0.05, 0.1) is 0 Å². The van der Waals surface area contributed by atoms with Crippen LogP contribution in [0.25, 0.3) is 6.08 Å². The van der Waals surface area contributed by atoms with Gasteiger partial charge in [0, 0.05) is 23.1 Å². The third kappa shape index (κ3) is 8.33. The van der Waals surface area contributed by atoms with Gasteiger partial charge >= 0.3 is 11.7 Å². The number of allylic oxidation sites excluding steroid dienone is 2.